The van der Waals surface area contributed by atoms with Crippen molar-refractivity contribution in [3.05, 3.63) is 24.5 Å². The summed E-state index contributed by atoms with van der Waals surface area (Å²) in [7, 11) is 0.152. The van der Waals surface area contributed by atoms with E-state index in [4.69, 9.17) is 9.05 Å². The van der Waals surface area contributed by atoms with Crippen LogP contribution in [0.15, 0.2) is 24.5 Å². The zero-order chi connectivity index (χ0) is 5.66. The van der Waals surface area contributed by atoms with Gasteiger partial charge in [0.25, 0.3) is 0 Å². The minimum absolute atomic E-state index is 0.152. The Bertz CT molecular complexity index is 95.0. The van der Waals surface area contributed by atoms with Crippen molar-refractivity contribution in [3.63, 3.8) is 0 Å². The van der Waals surface area contributed by atoms with Gasteiger partial charge in [-0.3, -0.25) is 0 Å². The third kappa shape index (κ3) is 2.10. The van der Waals surface area contributed by atoms with Gasteiger partial charge in [0.2, 0.25) is 9.03 Å². The lowest BCUT2D eigenvalue weighted by atomic mass is 10.5. The lowest BCUT2D eigenvalue weighted by Gasteiger charge is -1.99. The lowest BCUT2D eigenvalue weighted by molar-refractivity contribution is 0.352. The van der Waals surface area contributed by atoms with Crippen molar-refractivity contribution in [1.29, 1.82) is 0 Å². The fraction of sp³-hybridized carbons (Fsp3) is 0.200. The number of hydrogen-bond acceptors (Lipinski definition) is 2. The third-order valence-electron chi connectivity index (χ3n) is 0.680. The van der Waals surface area contributed by atoms with Crippen LogP contribution >= 0.6 is 9.03 Å². The molecule has 3 heteroatoms. The van der Waals surface area contributed by atoms with Crippen molar-refractivity contribution in [1.82, 2.24) is 0 Å². The maximum absolute atomic E-state index is 4.94. The van der Waals surface area contributed by atoms with Gasteiger partial charge in [-0.15, -0.1) is 0 Å². The van der Waals surface area contributed by atoms with E-state index in [2.05, 4.69) is 0 Å². The molecular weight excluding hydrogens is 123 g/mol. The summed E-state index contributed by atoms with van der Waals surface area (Å²) in [6, 6.07) is 0. The Kier molecular flexibility index (Phi) is 2.64. The average Bonchev–Trinajstić information content (AvgIpc) is 1.62. The molecule has 1 unspecified atom stereocenters. The Morgan fingerprint density at radius 1 is 1.38 bits per heavy atom. The Balaban J connectivity index is 2.33. The first-order valence-electron chi connectivity index (χ1n) is 2.34. The van der Waals surface area contributed by atoms with Gasteiger partial charge in [-0.1, -0.05) is 12.2 Å². The van der Waals surface area contributed by atoms with Crippen LogP contribution in [-0.4, -0.2) is 6.61 Å². The van der Waals surface area contributed by atoms with Gasteiger partial charge in [-0.2, -0.15) is 0 Å². The molecule has 0 saturated carbocycles. The van der Waals surface area contributed by atoms with Crippen LogP contribution in [0.5, 0.6) is 0 Å². The molecule has 44 valence electrons. The van der Waals surface area contributed by atoms with E-state index in [-0.39, 0.29) is 9.03 Å². The molecule has 1 heterocycles. The van der Waals surface area contributed by atoms with E-state index in [1.165, 1.54) is 0 Å². The Hall–Kier alpha value is -0.330. The minimum atomic E-state index is 0.152. The quantitative estimate of drug-likeness (QED) is 0.464. The van der Waals surface area contributed by atoms with Crippen molar-refractivity contribution >= 4 is 9.03 Å². The second-order valence-corrected chi connectivity index (χ2v) is 1.96. The summed E-state index contributed by atoms with van der Waals surface area (Å²) in [6.07, 6.45) is 7.29. The molecule has 0 bridgehead atoms. The van der Waals surface area contributed by atoms with E-state index in [9.17, 15) is 0 Å². The highest BCUT2D eigenvalue weighted by molar-refractivity contribution is 7.26. The zero-order valence-corrected chi connectivity index (χ0v) is 5.33. The van der Waals surface area contributed by atoms with Gasteiger partial charge in [-0.05, 0) is 6.08 Å². The Morgan fingerprint density at radius 2 is 2.38 bits per heavy atom. The van der Waals surface area contributed by atoms with E-state index in [0.29, 0.717) is 6.61 Å². The minimum Gasteiger partial charge on any atom is -0.457 e. The van der Waals surface area contributed by atoms with Gasteiger partial charge in [0.1, 0.15) is 0 Å². The molecule has 0 N–H and O–H groups in total. The Morgan fingerprint density at radius 3 is 3.38 bits per heavy atom. The Labute approximate surface area is 50.1 Å². The summed E-state index contributed by atoms with van der Waals surface area (Å²) in [5.41, 5.74) is 0. The van der Waals surface area contributed by atoms with Crippen molar-refractivity contribution < 1.29 is 9.05 Å². The van der Waals surface area contributed by atoms with Crippen LogP contribution in [0.25, 0.3) is 0 Å². The summed E-state index contributed by atoms with van der Waals surface area (Å²) in [5, 5.41) is 0. The molecule has 1 atom stereocenters. The largest absolute Gasteiger partial charge is 0.457 e. The van der Waals surface area contributed by atoms with Crippen LogP contribution < -0.4 is 0 Å². The SMILES string of the molecule is C1=CCOPOC=C1. The molecule has 1 aliphatic rings. The summed E-state index contributed by atoms with van der Waals surface area (Å²) < 4.78 is 9.79. The molecule has 0 aromatic heterocycles. The normalized spacial score (nSPS) is 22.0. The molecule has 0 fully saturated rings. The van der Waals surface area contributed by atoms with E-state index in [0.717, 1.165) is 0 Å². The molecule has 0 amide bonds. The number of hydrogen-bond donors (Lipinski definition) is 0. The van der Waals surface area contributed by atoms with Gasteiger partial charge < -0.3 is 9.05 Å². The van der Waals surface area contributed by atoms with E-state index in [1.807, 2.05) is 18.2 Å². The molecule has 2 nitrogen and oxygen atoms in total. The van der Waals surface area contributed by atoms with Crippen LogP contribution in [0.4, 0.5) is 0 Å². The first-order valence-corrected chi connectivity index (χ1v) is 3.16. The van der Waals surface area contributed by atoms with Crippen LogP contribution in [0, 0.1) is 0 Å². The van der Waals surface area contributed by atoms with Gasteiger partial charge in [0, 0.05) is 0 Å². The van der Waals surface area contributed by atoms with Crippen molar-refractivity contribution in [2.75, 3.05) is 6.61 Å². The predicted molar refractivity (Wildman–Crippen MR) is 33.6 cm³/mol. The van der Waals surface area contributed by atoms with Crippen molar-refractivity contribution in [3.8, 4) is 0 Å². The van der Waals surface area contributed by atoms with Crippen LogP contribution in [-0.2, 0) is 9.05 Å². The second kappa shape index (κ2) is 3.65. The molecule has 0 aromatic rings. The monoisotopic (exact) mass is 130 g/mol. The number of rotatable bonds is 0. The fourth-order valence-electron chi connectivity index (χ4n) is 0.363. The molecule has 0 radical (unpaired) electrons. The summed E-state index contributed by atoms with van der Waals surface area (Å²) in [5.74, 6) is 0. The van der Waals surface area contributed by atoms with Crippen LogP contribution in [0.2, 0.25) is 0 Å². The molecule has 1 rings (SSSR count). The predicted octanol–water partition coefficient (Wildman–Crippen LogP) is 1.61. The summed E-state index contributed by atoms with van der Waals surface area (Å²) in [4.78, 5) is 0. The maximum Gasteiger partial charge on any atom is 0.214 e. The van der Waals surface area contributed by atoms with E-state index < -0.39 is 0 Å². The van der Waals surface area contributed by atoms with Crippen LogP contribution in [0.1, 0.15) is 0 Å². The van der Waals surface area contributed by atoms with E-state index in [1.54, 1.807) is 6.26 Å². The fourth-order valence-corrected chi connectivity index (χ4v) is 0.729. The summed E-state index contributed by atoms with van der Waals surface area (Å²) in [6.45, 7) is 0.656. The maximum atomic E-state index is 4.94. The number of allylic oxidation sites excluding steroid dienone is 2. The van der Waals surface area contributed by atoms with Gasteiger partial charge >= 0.3 is 0 Å². The van der Waals surface area contributed by atoms with Crippen molar-refractivity contribution in [2.24, 2.45) is 0 Å². The summed E-state index contributed by atoms with van der Waals surface area (Å²) >= 11 is 0. The van der Waals surface area contributed by atoms with Crippen LogP contribution in [0.3, 0.4) is 0 Å². The highest BCUT2D eigenvalue weighted by Crippen LogP contribution is 2.14. The topological polar surface area (TPSA) is 18.5 Å². The molecular formula is C5H7O2P. The van der Waals surface area contributed by atoms with Gasteiger partial charge in [-0.25, -0.2) is 0 Å². The average molecular weight is 130 g/mol. The third-order valence-corrected chi connectivity index (χ3v) is 1.20. The molecule has 0 aliphatic carbocycles. The standard InChI is InChI=1S/C5H7O2P/c1-2-4-6-8-7-5-3-1/h1-4,8H,5H2. The molecule has 0 aromatic carbocycles. The lowest BCUT2D eigenvalue weighted by Crippen LogP contribution is -1.79. The molecule has 0 saturated heterocycles. The first kappa shape index (κ1) is 5.80. The smallest absolute Gasteiger partial charge is 0.214 e. The van der Waals surface area contributed by atoms with Gasteiger partial charge in [0.05, 0.1) is 12.9 Å². The second-order valence-electron chi connectivity index (χ2n) is 1.27. The molecule has 8 heavy (non-hydrogen) atoms. The van der Waals surface area contributed by atoms with Gasteiger partial charge in [0.15, 0.2) is 0 Å². The van der Waals surface area contributed by atoms with E-state index >= 15 is 0 Å². The highest BCUT2D eigenvalue weighted by atomic mass is 31.1. The molecule has 1 aliphatic heterocycles. The zero-order valence-electron chi connectivity index (χ0n) is 4.33. The molecule has 0 spiro atoms. The van der Waals surface area contributed by atoms with Crippen molar-refractivity contribution in [2.45, 2.75) is 0 Å². The first-order chi connectivity index (χ1) is 4.00. The highest BCUT2D eigenvalue weighted by Gasteiger charge is 1.82.